The van der Waals surface area contributed by atoms with Crippen LogP contribution in [0.15, 0.2) is 60.7 Å². The molecule has 3 heteroatoms. The van der Waals surface area contributed by atoms with Crippen LogP contribution in [-0.4, -0.2) is 12.6 Å². The van der Waals surface area contributed by atoms with Gasteiger partial charge in [-0.25, -0.2) is 4.79 Å². The van der Waals surface area contributed by atoms with E-state index in [2.05, 4.69) is 6.07 Å². The maximum atomic E-state index is 12.4. The third-order valence-electron chi connectivity index (χ3n) is 3.72. The molecule has 23 heavy (non-hydrogen) atoms. The maximum Gasteiger partial charge on any atom is 0.338 e. The summed E-state index contributed by atoms with van der Waals surface area (Å²) in [6.07, 6.45) is 0. The summed E-state index contributed by atoms with van der Waals surface area (Å²) in [7, 11) is 0. The van der Waals surface area contributed by atoms with Gasteiger partial charge in [0, 0.05) is 10.9 Å². The van der Waals surface area contributed by atoms with Crippen LogP contribution in [0.1, 0.15) is 22.8 Å². The molecule has 3 aromatic carbocycles. The first-order valence-electron chi connectivity index (χ1n) is 7.44. The fourth-order valence-electron chi connectivity index (χ4n) is 2.74. The third kappa shape index (κ3) is 2.67. The lowest BCUT2D eigenvalue weighted by Gasteiger charge is -2.14. The molecule has 3 nitrogen and oxygen atoms in total. The smallest absolute Gasteiger partial charge is 0.338 e. The molecule has 0 saturated heterocycles. The largest absolute Gasteiger partial charge is 0.462 e. The number of carbonyl (C=O) groups excluding carboxylic acids is 1. The summed E-state index contributed by atoms with van der Waals surface area (Å²) >= 11 is 0. The summed E-state index contributed by atoms with van der Waals surface area (Å²) in [6.45, 7) is 2.06. The minimum Gasteiger partial charge on any atom is -0.462 e. The fourth-order valence-corrected chi connectivity index (χ4v) is 2.74. The molecule has 0 aliphatic carbocycles. The topological polar surface area (TPSA) is 50.1 Å². The molecule has 0 aliphatic rings. The van der Waals surface area contributed by atoms with Crippen LogP contribution in [0.25, 0.3) is 21.9 Å². The fraction of sp³-hybridized carbons (Fsp3) is 0.100. The first-order valence-corrected chi connectivity index (χ1v) is 7.44. The number of esters is 1. The van der Waals surface area contributed by atoms with Crippen molar-refractivity contribution in [2.45, 2.75) is 6.92 Å². The predicted molar refractivity (Wildman–Crippen MR) is 90.1 cm³/mol. The number of carbonyl (C=O) groups is 1. The molecule has 0 saturated carbocycles. The zero-order valence-corrected chi connectivity index (χ0v) is 12.7. The Labute approximate surface area is 134 Å². The van der Waals surface area contributed by atoms with Gasteiger partial charge in [-0.3, -0.25) is 0 Å². The average molecular weight is 301 g/mol. The summed E-state index contributed by atoms with van der Waals surface area (Å²) in [4.78, 5) is 12.4. The van der Waals surface area contributed by atoms with Gasteiger partial charge in [-0.2, -0.15) is 5.26 Å². The van der Waals surface area contributed by atoms with Crippen LogP contribution in [0.3, 0.4) is 0 Å². The highest BCUT2D eigenvalue weighted by molar-refractivity contribution is 6.06. The number of nitriles is 1. The maximum absolute atomic E-state index is 12.4. The Hall–Kier alpha value is -3.12. The molecule has 0 unspecified atom stereocenters. The summed E-state index contributed by atoms with van der Waals surface area (Å²) < 4.78 is 5.19. The Bertz CT molecular complexity index is 908. The average Bonchev–Trinajstić information content (AvgIpc) is 2.61. The van der Waals surface area contributed by atoms with Crippen molar-refractivity contribution >= 4 is 16.7 Å². The Morgan fingerprint density at radius 1 is 1.09 bits per heavy atom. The molecular weight excluding hydrogens is 286 g/mol. The lowest BCUT2D eigenvalue weighted by Crippen LogP contribution is -2.08. The zero-order chi connectivity index (χ0) is 16.2. The van der Waals surface area contributed by atoms with Gasteiger partial charge in [0.2, 0.25) is 0 Å². The number of hydrogen-bond acceptors (Lipinski definition) is 3. The summed E-state index contributed by atoms with van der Waals surface area (Å²) in [5.41, 5.74) is 2.38. The van der Waals surface area contributed by atoms with E-state index in [0.717, 1.165) is 16.3 Å². The Balaban J connectivity index is 2.40. The lowest BCUT2D eigenvalue weighted by atomic mass is 9.90. The van der Waals surface area contributed by atoms with E-state index in [1.54, 1.807) is 13.0 Å². The van der Waals surface area contributed by atoms with Crippen molar-refractivity contribution in [1.82, 2.24) is 0 Å². The van der Waals surface area contributed by atoms with E-state index in [1.165, 1.54) is 0 Å². The number of benzene rings is 3. The Morgan fingerprint density at radius 2 is 1.78 bits per heavy atom. The molecule has 0 atom stereocenters. The molecule has 0 amide bonds. The van der Waals surface area contributed by atoms with Crippen molar-refractivity contribution in [2.75, 3.05) is 6.61 Å². The highest BCUT2D eigenvalue weighted by Gasteiger charge is 2.20. The van der Waals surface area contributed by atoms with Crippen molar-refractivity contribution in [3.8, 4) is 17.2 Å². The van der Waals surface area contributed by atoms with Crippen molar-refractivity contribution in [3.63, 3.8) is 0 Å². The molecule has 0 bridgehead atoms. The van der Waals surface area contributed by atoms with E-state index < -0.39 is 5.97 Å². The first kappa shape index (κ1) is 14.8. The molecule has 0 aromatic heterocycles. The van der Waals surface area contributed by atoms with Crippen molar-refractivity contribution in [2.24, 2.45) is 0 Å². The van der Waals surface area contributed by atoms with Gasteiger partial charge < -0.3 is 4.74 Å². The summed E-state index contributed by atoms with van der Waals surface area (Å²) in [5.74, 6) is -0.409. The van der Waals surface area contributed by atoms with Gasteiger partial charge in [0.25, 0.3) is 0 Å². The van der Waals surface area contributed by atoms with Crippen molar-refractivity contribution in [1.29, 1.82) is 5.26 Å². The molecule has 0 spiro atoms. The minimum absolute atomic E-state index is 0.293. The zero-order valence-electron chi connectivity index (χ0n) is 12.7. The molecule has 3 rings (SSSR count). The summed E-state index contributed by atoms with van der Waals surface area (Å²) in [5, 5.41) is 11.4. The van der Waals surface area contributed by atoms with E-state index in [-0.39, 0.29) is 0 Å². The van der Waals surface area contributed by atoms with Crippen LogP contribution in [0, 0.1) is 11.3 Å². The molecule has 0 N–H and O–H groups in total. The molecule has 0 heterocycles. The van der Waals surface area contributed by atoms with Crippen LogP contribution < -0.4 is 0 Å². The number of fused-ring (bicyclic) bond motifs is 1. The van der Waals surface area contributed by atoms with E-state index >= 15 is 0 Å². The predicted octanol–water partition coefficient (Wildman–Crippen LogP) is 4.56. The molecule has 0 radical (unpaired) electrons. The van der Waals surface area contributed by atoms with Crippen LogP contribution >= 0.6 is 0 Å². The third-order valence-corrected chi connectivity index (χ3v) is 3.72. The molecule has 0 fully saturated rings. The lowest BCUT2D eigenvalue weighted by molar-refractivity contribution is 0.0527. The minimum atomic E-state index is -0.409. The van der Waals surface area contributed by atoms with E-state index in [9.17, 15) is 10.1 Å². The van der Waals surface area contributed by atoms with Gasteiger partial charge in [0.15, 0.2) is 0 Å². The van der Waals surface area contributed by atoms with Crippen LogP contribution in [-0.2, 0) is 4.74 Å². The standard InChI is InChI=1S/C20H15NO2/c1-2-23-20(22)17-12-15-10-6-7-11-16(15)18(13-21)19(17)14-8-4-3-5-9-14/h3-12H,2H2,1H3. The number of nitrogens with zero attached hydrogens (tertiary/aromatic N) is 1. The van der Waals surface area contributed by atoms with Gasteiger partial charge in [0.05, 0.1) is 17.7 Å². The SMILES string of the molecule is CCOC(=O)c1cc2ccccc2c(C#N)c1-c1ccccc1. The highest BCUT2D eigenvalue weighted by atomic mass is 16.5. The monoisotopic (exact) mass is 301 g/mol. The highest BCUT2D eigenvalue weighted by Crippen LogP contribution is 2.34. The normalized spacial score (nSPS) is 10.3. The number of rotatable bonds is 3. The van der Waals surface area contributed by atoms with Gasteiger partial charge in [-0.15, -0.1) is 0 Å². The van der Waals surface area contributed by atoms with Crippen molar-refractivity contribution < 1.29 is 9.53 Å². The first-order chi connectivity index (χ1) is 11.3. The van der Waals surface area contributed by atoms with Crippen LogP contribution in [0.2, 0.25) is 0 Å². The van der Waals surface area contributed by atoms with E-state index in [0.29, 0.717) is 23.3 Å². The second kappa shape index (κ2) is 6.33. The van der Waals surface area contributed by atoms with Gasteiger partial charge in [0.1, 0.15) is 6.07 Å². The quantitative estimate of drug-likeness (QED) is 0.667. The van der Waals surface area contributed by atoms with E-state index in [1.807, 2.05) is 54.6 Å². The van der Waals surface area contributed by atoms with Gasteiger partial charge in [-0.05, 0) is 23.9 Å². The Kier molecular flexibility index (Phi) is 4.07. The van der Waals surface area contributed by atoms with Gasteiger partial charge >= 0.3 is 5.97 Å². The Morgan fingerprint density at radius 3 is 2.48 bits per heavy atom. The summed E-state index contributed by atoms with van der Waals surface area (Å²) in [6, 6.07) is 21.1. The molecule has 3 aromatic rings. The second-order valence-corrected chi connectivity index (χ2v) is 5.09. The van der Waals surface area contributed by atoms with Gasteiger partial charge in [-0.1, -0.05) is 54.6 Å². The van der Waals surface area contributed by atoms with Crippen LogP contribution in [0.4, 0.5) is 0 Å². The molecule has 0 aliphatic heterocycles. The van der Waals surface area contributed by atoms with Crippen molar-refractivity contribution in [3.05, 3.63) is 71.8 Å². The number of hydrogen-bond donors (Lipinski definition) is 0. The molecular formula is C20H15NO2. The molecule has 112 valence electrons. The second-order valence-electron chi connectivity index (χ2n) is 5.09. The van der Waals surface area contributed by atoms with Crippen LogP contribution in [0.5, 0.6) is 0 Å². The van der Waals surface area contributed by atoms with E-state index in [4.69, 9.17) is 4.74 Å². The number of ether oxygens (including phenoxy) is 1.